The van der Waals surface area contributed by atoms with Crippen LogP contribution in [0.25, 0.3) is 11.5 Å². The molecule has 1 fully saturated rings. The summed E-state index contributed by atoms with van der Waals surface area (Å²) in [6.45, 7) is 3.14. The second-order valence-corrected chi connectivity index (χ2v) is 7.95. The molecule has 1 saturated heterocycles. The fourth-order valence-electron chi connectivity index (χ4n) is 4.10. The number of nitrogens with one attached hydrogen (secondary N) is 1. The average Bonchev–Trinajstić information content (AvgIpc) is 3.22. The molecule has 0 saturated carbocycles. The molecular weight excluding hydrogens is 421 g/mol. The van der Waals surface area contributed by atoms with Gasteiger partial charge < -0.3 is 9.84 Å². The Labute approximate surface area is 183 Å². The molecule has 0 radical (unpaired) electrons. The summed E-state index contributed by atoms with van der Waals surface area (Å²) >= 11 is 0. The van der Waals surface area contributed by atoms with Crippen LogP contribution in [0.1, 0.15) is 29.3 Å². The topological polar surface area (TPSA) is 71.3 Å². The summed E-state index contributed by atoms with van der Waals surface area (Å²) in [6.07, 6.45) is -4.34. The van der Waals surface area contributed by atoms with E-state index in [1.807, 2.05) is 66.4 Å². The lowest BCUT2D eigenvalue weighted by Gasteiger charge is -2.38. The lowest BCUT2D eigenvalue weighted by atomic mass is 9.85. The molecule has 1 aliphatic heterocycles. The van der Waals surface area contributed by atoms with E-state index >= 15 is 0 Å². The first-order chi connectivity index (χ1) is 15.3. The van der Waals surface area contributed by atoms with E-state index in [2.05, 4.69) is 15.5 Å². The van der Waals surface area contributed by atoms with Crippen LogP contribution in [0, 0.1) is 6.92 Å². The zero-order valence-corrected chi connectivity index (χ0v) is 17.5. The Morgan fingerprint density at radius 3 is 2.59 bits per heavy atom. The highest BCUT2D eigenvalue weighted by atomic mass is 19.4. The molecule has 32 heavy (non-hydrogen) atoms. The van der Waals surface area contributed by atoms with Gasteiger partial charge in [-0.25, -0.2) is 0 Å². The van der Waals surface area contributed by atoms with Crippen LogP contribution in [0.3, 0.4) is 0 Å². The van der Waals surface area contributed by atoms with Gasteiger partial charge in [-0.2, -0.15) is 18.2 Å². The molecule has 0 bridgehead atoms. The Morgan fingerprint density at radius 1 is 1.16 bits per heavy atom. The van der Waals surface area contributed by atoms with Crippen molar-refractivity contribution in [3.05, 3.63) is 71.5 Å². The molecule has 168 valence electrons. The summed E-state index contributed by atoms with van der Waals surface area (Å²) in [5.41, 5.74) is 2.74. The van der Waals surface area contributed by atoms with E-state index in [0.717, 1.165) is 16.7 Å². The second kappa shape index (κ2) is 9.12. The van der Waals surface area contributed by atoms with Gasteiger partial charge in [0.15, 0.2) is 5.82 Å². The van der Waals surface area contributed by atoms with E-state index in [1.165, 1.54) is 0 Å². The highest BCUT2D eigenvalue weighted by Crippen LogP contribution is 2.30. The van der Waals surface area contributed by atoms with Gasteiger partial charge in [0.25, 0.3) is 5.89 Å². The van der Waals surface area contributed by atoms with Crippen LogP contribution in [0.15, 0.2) is 59.1 Å². The first-order valence-corrected chi connectivity index (χ1v) is 10.3. The smallest absolute Gasteiger partial charge is 0.344 e. The van der Waals surface area contributed by atoms with Crippen LogP contribution in [0.4, 0.5) is 13.2 Å². The number of aryl methyl sites for hydroxylation is 1. The van der Waals surface area contributed by atoms with Crippen LogP contribution >= 0.6 is 0 Å². The second-order valence-electron chi connectivity index (χ2n) is 7.95. The third-order valence-corrected chi connectivity index (χ3v) is 5.71. The Hall–Kier alpha value is -3.20. The molecule has 0 spiro atoms. The fourth-order valence-corrected chi connectivity index (χ4v) is 4.10. The minimum Gasteiger partial charge on any atom is -0.344 e. The van der Waals surface area contributed by atoms with Gasteiger partial charge in [0.2, 0.25) is 0 Å². The lowest BCUT2D eigenvalue weighted by molar-refractivity contribution is -0.174. The van der Waals surface area contributed by atoms with Crippen molar-refractivity contribution in [3.8, 4) is 11.5 Å². The predicted octanol–water partition coefficient (Wildman–Crippen LogP) is 4.08. The zero-order valence-electron chi connectivity index (χ0n) is 17.5. The minimum atomic E-state index is -4.93. The number of amides is 1. The van der Waals surface area contributed by atoms with Crippen LogP contribution < -0.4 is 5.32 Å². The summed E-state index contributed by atoms with van der Waals surface area (Å²) in [7, 11) is 0. The average molecular weight is 444 g/mol. The summed E-state index contributed by atoms with van der Waals surface area (Å²) in [4.78, 5) is 18.1. The third kappa shape index (κ3) is 4.99. The van der Waals surface area contributed by atoms with E-state index in [-0.39, 0.29) is 12.5 Å². The molecule has 6 nitrogen and oxygen atoms in total. The number of rotatable bonds is 5. The maximum Gasteiger partial charge on any atom is 0.471 e. The molecule has 1 amide bonds. The van der Waals surface area contributed by atoms with Crippen LogP contribution in [0.5, 0.6) is 0 Å². The highest BCUT2D eigenvalue weighted by Gasteiger charge is 2.42. The number of benzene rings is 2. The number of alkyl halides is 3. The zero-order chi connectivity index (χ0) is 22.7. The molecule has 0 aliphatic carbocycles. The first kappa shape index (κ1) is 22.0. The molecule has 2 heterocycles. The lowest BCUT2D eigenvalue weighted by Crippen LogP contribution is -2.54. The van der Waals surface area contributed by atoms with Gasteiger partial charge in [-0.05, 0) is 37.1 Å². The van der Waals surface area contributed by atoms with E-state index in [4.69, 9.17) is 4.52 Å². The molecule has 1 aliphatic rings. The molecular formula is C23H23F3N4O2. The number of hydrogen-bond donors (Lipinski definition) is 1. The van der Waals surface area contributed by atoms with Gasteiger partial charge >= 0.3 is 12.1 Å². The summed E-state index contributed by atoms with van der Waals surface area (Å²) < 4.78 is 44.1. The third-order valence-electron chi connectivity index (χ3n) is 5.71. The van der Waals surface area contributed by atoms with Gasteiger partial charge in [-0.3, -0.25) is 9.69 Å². The molecule has 2 aromatic carbocycles. The van der Waals surface area contributed by atoms with Crippen LogP contribution in [-0.2, 0) is 11.3 Å². The largest absolute Gasteiger partial charge is 0.471 e. The number of carbonyl (C=O) groups excluding carboxylic acids is 1. The molecule has 1 aromatic heterocycles. The Kier molecular flexibility index (Phi) is 6.27. The Bertz CT molecular complexity index is 1070. The number of hydrogen-bond acceptors (Lipinski definition) is 5. The van der Waals surface area contributed by atoms with Crippen LogP contribution in [-0.4, -0.2) is 46.3 Å². The quantitative estimate of drug-likeness (QED) is 0.642. The summed E-state index contributed by atoms with van der Waals surface area (Å²) in [6, 6.07) is 16.2. The van der Waals surface area contributed by atoms with Crippen molar-refractivity contribution in [2.45, 2.75) is 38.0 Å². The number of carbonyl (C=O) groups is 1. The Balaban J connectivity index is 1.49. The molecule has 0 unspecified atom stereocenters. The normalized spacial score (nSPS) is 19.6. The van der Waals surface area contributed by atoms with Gasteiger partial charge in [-0.15, -0.1) is 0 Å². The van der Waals surface area contributed by atoms with Crippen molar-refractivity contribution in [1.82, 2.24) is 20.4 Å². The summed E-state index contributed by atoms with van der Waals surface area (Å²) in [5.74, 6) is -1.29. The predicted molar refractivity (Wildman–Crippen MR) is 112 cm³/mol. The van der Waals surface area contributed by atoms with E-state index in [1.54, 1.807) is 0 Å². The van der Waals surface area contributed by atoms with Gasteiger partial charge in [0.1, 0.15) is 0 Å². The monoisotopic (exact) mass is 444 g/mol. The van der Waals surface area contributed by atoms with Crippen molar-refractivity contribution in [3.63, 3.8) is 0 Å². The van der Waals surface area contributed by atoms with Gasteiger partial charge in [-0.1, -0.05) is 53.7 Å². The van der Waals surface area contributed by atoms with Crippen molar-refractivity contribution in [2.24, 2.45) is 0 Å². The number of piperidine rings is 1. The van der Waals surface area contributed by atoms with Crippen molar-refractivity contribution >= 4 is 5.91 Å². The molecule has 2 atom stereocenters. The maximum absolute atomic E-state index is 12.9. The maximum atomic E-state index is 12.9. The number of aromatic nitrogens is 2. The van der Waals surface area contributed by atoms with E-state index < -0.39 is 18.1 Å². The fraction of sp³-hybridized carbons (Fsp3) is 0.348. The molecule has 1 N–H and O–H groups in total. The van der Waals surface area contributed by atoms with E-state index in [9.17, 15) is 18.0 Å². The van der Waals surface area contributed by atoms with E-state index in [0.29, 0.717) is 31.2 Å². The standard InChI is InChI=1S/C23H23F3N4O2/c1-15-7-5-6-10-17(15)21-28-20(29-32-21)14-30-12-11-18(16-8-3-2-4-9-16)19(13-30)27-22(31)23(24,25)26/h2-10,18-19H,11-14H2,1H3,(H,27,31)/t18-,19-/m1/s1. The number of nitrogens with zero attached hydrogens (tertiary/aromatic N) is 3. The highest BCUT2D eigenvalue weighted by molar-refractivity contribution is 5.82. The van der Waals surface area contributed by atoms with Crippen LogP contribution in [0.2, 0.25) is 0 Å². The molecule has 4 rings (SSSR count). The van der Waals surface area contributed by atoms with Crippen molar-refractivity contribution in [2.75, 3.05) is 13.1 Å². The number of halogens is 3. The number of likely N-dealkylation sites (tertiary alicyclic amines) is 1. The first-order valence-electron chi connectivity index (χ1n) is 10.3. The SMILES string of the molecule is Cc1ccccc1-c1nc(CN2CC[C@H](c3ccccc3)[C@H](NC(=O)C(F)(F)F)C2)no1. The van der Waals surface area contributed by atoms with Crippen molar-refractivity contribution in [1.29, 1.82) is 0 Å². The summed E-state index contributed by atoms with van der Waals surface area (Å²) in [5, 5.41) is 6.23. The van der Waals surface area contributed by atoms with Gasteiger partial charge in [0.05, 0.1) is 6.54 Å². The Morgan fingerprint density at radius 2 is 1.88 bits per heavy atom. The minimum absolute atomic E-state index is 0.216. The molecule has 9 heteroatoms. The van der Waals surface area contributed by atoms with Crippen molar-refractivity contribution < 1.29 is 22.5 Å². The molecule has 3 aromatic rings. The van der Waals surface area contributed by atoms with Gasteiger partial charge in [0, 0.05) is 24.1 Å².